The molecule has 0 aromatic heterocycles. The molecule has 1 unspecified atom stereocenters. The van der Waals surface area contributed by atoms with Gasteiger partial charge in [0.1, 0.15) is 6.61 Å². The molecule has 0 aromatic carbocycles. The normalized spacial score (nSPS) is 29.2. The number of hydrogen-bond acceptors (Lipinski definition) is 5. The molecule has 104 valence electrons. The van der Waals surface area contributed by atoms with Crippen LogP contribution >= 0.6 is 0 Å². The van der Waals surface area contributed by atoms with Crippen LogP contribution in [-0.4, -0.2) is 62.5 Å². The second-order valence-electron chi connectivity index (χ2n) is 5.99. The summed E-state index contributed by atoms with van der Waals surface area (Å²) in [6.45, 7) is 7.75. The Balaban J connectivity index is 1.45. The van der Waals surface area contributed by atoms with Crippen LogP contribution in [0.4, 0.5) is 0 Å². The monoisotopic (exact) mass is 264 g/mol. The molecule has 3 aliphatic rings. The zero-order valence-electron chi connectivity index (χ0n) is 11.7. The largest absolute Gasteiger partial charge is 0.528 e. The summed E-state index contributed by atoms with van der Waals surface area (Å²) in [6, 6.07) is 0. The molecule has 7 heteroatoms. The number of carbonyl (C=O) groups is 1. The van der Waals surface area contributed by atoms with Gasteiger partial charge in [0.2, 0.25) is 0 Å². The highest BCUT2D eigenvalue weighted by Gasteiger charge is 2.38. The smallest absolute Gasteiger partial charge is 0.508 e. The summed E-state index contributed by atoms with van der Waals surface area (Å²) in [6.07, 6.45) is 4.73. The third-order valence-corrected chi connectivity index (χ3v) is 4.69. The van der Waals surface area contributed by atoms with Crippen LogP contribution in [0.1, 0.15) is 19.3 Å². The number of carbonyl (C=O) groups excluding carboxylic acids is 1. The molecule has 3 heterocycles. The molecule has 0 radical (unpaired) electrons. The van der Waals surface area contributed by atoms with E-state index in [4.69, 9.17) is 9.31 Å². The molecule has 3 fully saturated rings. The van der Waals surface area contributed by atoms with Crippen LogP contribution in [0.5, 0.6) is 0 Å². The fourth-order valence-electron chi connectivity index (χ4n) is 3.50. The summed E-state index contributed by atoms with van der Waals surface area (Å²) in [7, 11) is -0.292. The fourth-order valence-corrected chi connectivity index (χ4v) is 3.50. The predicted molar refractivity (Wildman–Crippen MR) is 74.7 cm³/mol. The van der Waals surface area contributed by atoms with E-state index in [1.807, 2.05) is 0 Å². The molecule has 0 N–H and O–H groups in total. The zero-order chi connectivity index (χ0) is 13.2. The Labute approximate surface area is 115 Å². The molecular weight excluding hydrogens is 242 g/mol. The SMILES string of the molecule is CB(N1CCCC1)N1CCC(CB2OCC(=O)O2)C1. The zero-order valence-corrected chi connectivity index (χ0v) is 11.7. The Hall–Kier alpha value is -0.520. The van der Waals surface area contributed by atoms with Crippen LogP contribution in [0, 0.1) is 5.92 Å². The summed E-state index contributed by atoms with van der Waals surface area (Å²) < 4.78 is 10.5. The lowest BCUT2D eigenvalue weighted by molar-refractivity contribution is -0.132. The third kappa shape index (κ3) is 3.15. The van der Waals surface area contributed by atoms with Gasteiger partial charge in [0, 0.05) is 0 Å². The van der Waals surface area contributed by atoms with Gasteiger partial charge in [-0.2, -0.15) is 0 Å². The fraction of sp³-hybridized carbons (Fsp3) is 0.917. The van der Waals surface area contributed by atoms with Gasteiger partial charge in [0.25, 0.3) is 0 Å². The van der Waals surface area contributed by atoms with E-state index in [1.54, 1.807) is 0 Å². The molecule has 0 spiro atoms. The van der Waals surface area contributed by atoms with Crippen molar-refractivity contribution in [1.82, 2.24) is 9.62 Å². The van der Waals surface area contributed by atoms with Gasteiger partial charge in [-0.05, 0) is 57.7 Å². The van der Waals surface area contributed by atoms with Crippen molar-refractivity contribution in [2.45, 2.75) is 32.4 Å². The van der Waals surface area contributed by atoms with Crippen LogP contribution in [0.2, 0.25) is 13.1 Å². The van der Waals surface area contributed by atoms with Gasteiger partial charge in [-0.25, -0.2) is 0 Å². The summed E-state index contributed by atoms with van der Waals surface area (Å²) in [4.78, 5) is 16.1. The molecule has 19 heavy (non-hydrogen) atoms. The molecule has 0 aromatic rings. The van der Waals surface area contributed by atoms with Gasteiger partial charge in [-0.15, -0.1) is 0 Å². The van der Waals surface area contributed by atoms with E-state index in [0.29, 0.717) is 12.9 Å². The van der Waals surface area contributed by atoms with Crippen molar-refractivity contribution in [2.75, 3.05) is 32.8 Å². The van der Waals surface area contributed by atoms with Gasteiger partial charge in [0.05, 0.1) is 0 Å². The molecular formula is C12H22B2N2O3. The Morgan fingerprint density at radius 3 is 2.79 bits per heavy atom. The van der Waals surface area contributed by atoms with Crippen LogP contribution < -0.4 is 0 Å². The summed E-state index contributed by atoms with van der Waals surface area (Å²) in [5.74, 6) is 0.381. The van der Waals surface area contributed by atoms with Crippen molar-refractivity contribution < 1.29 is 14.1 Å². The maximum absolute atomic E-state index is 11.0. The molecule has 0 aliphatic carbocycles. The Morgan fingerprint density at radius 1 is 1.32 bits per heavy atom. The average molecular weight is 264 g/mol. The van der Waals surface area contributed by atoms with Crippen molar-refractivity contribution in [3.63, 3.8) is 0 Å². The molecule has 3 saturated heterocycles. The summed E-state index contributed by atoms with van der Waals surface area (Å²) >= 11 is 0. The first kappa shape index (κ1) is 13.5. The Morgan fingerprint density at radius 2 is 2.11 bits per heavy atom. The first-order valence-corrected chi connectivity index (χ1v) is 7.51. The van der Waals surface area contributed by atoms with E-state index in [-0.39, 0.29) is 19.7 Å². The van der Waals surface area contributed by atoms with Gasteiger partial charge in [-0.3, -0.25) is 4.79 Å². The maximum atomic E-state index is 11.0. The van der Waals surface area contributed by atoms with Gasteiger partial charge < -0.3 is 18.9 Å². The highest BCUT2D eigenvalue weighted by Crippen LogP contribution is 2.26. The van der Waals surface area contributed by atoms with E-state index in [2.05, 4.69) is 16.4 Å². The van der Waals surface area contributed by atoms with Crippen LogP contribution in [-0.2, 0) is 14.1 Å². The minimum atomic E-state index is -0.292. The topological polar surface area (TPSA) is 42.0 Å². The Bertz CT molecular complexity index is 339. The van der Waals surface area contributed by atoms with Crippen LogP contribution in [0.25, 0.3) is 0 Å². The molecule has 0 saturated carbocycles. The maximum Gasteiger partial charge on any atom is 0.528 e. The van der Waals surface area contributed by atoms with Gasteiger partial charge in [-0.1, -0.05) is 6.82 Å². The van der Waals surface area contributed by atoms with Gasteiger partial charge >= 0.3 is 20.1 Å². The van der Waals surface area contributed by atoms with Crippen molar-refractivity contribution in [3.8, 4) is 0 Å². The number of nitrogens with zero attached hydrogens (tertiary/aromatic N) is 2. The predicted octanol–water partition coefficient (Wildman–Crippen LogP) is 0.584. The quantitative estimate of drug-likeness (QED) is 0.695. The van der Waals surface area contributed by atoms with E-state index >= 15 is 0 Å². The highest BCUT2D eigenvalue weighted by molar-refractivity contribution is 6.51. The third-order valence-electron chi connectivity index (χ3n) is 4.69. The minimum Gasteiger partial charge on any atom is -0.508 e. The van der Waals surface area contributed by atoms with Gasteiger partial charge in [0.15, 0.2) is 0 Å². The lowest BCUT2D eigenvalue weighted by Crippen LogP contribution is -2.48. The number of rotatable bonds is 4. The van der Waals surface area contributed by atoms with Crippen molar-refractivity contribution >= 4 is 20.1 Å². The average Bonchev–Trinajstić information content (AvgIpc) is 3.10. The van der Waals surface area contributed by atoms with E-state index in [0.717, 1.165) is 19.4 Å². The van der Waals surface area contributed by atoms with Crippen LogP contribution in [0.15, 0.2) is 0 Å². The molecule has 1 atom stereocenters. The summed E-state index contributed by atoms with van der Waals surface area (Å²) in [5.41, 5.74) is 0. The lowest BCUT2D eigenvalue weighted by Gasteiger charge is -2.29. The van der Waals surface area contributed by atoms with Crippen LogP contribution in [0.3, 0.4) is 0 Å². The first-order chi connectivity index (χ1) is 9.22. The molecule has 5 nitrogen and oxygen atoms in total. The van der Waals surface area contributed by atoms with Crippen molar-refractivity contribution in [2.24, 2.45) is 5.92 Å². The molecule has 3 aliphatic heterocycles. The summed E-state index contributed by atoms with van der Waals surface area (Å²) in [5, 5.41) is 0. The van der Waals surface area contributed by atoms with Crippen molar-refractivity contribution in [1.29, 1.82) is 0 Å². The highest BCUT2D eigenvalue weighted by atomic mass is 16.7. The van der Waals surface area contributed by atoms with E-state index < -0.39 is 0 Å². The van der Waals surface area contributed by atoms with E-state index in [1.165, 1.54) is 32.4 Å². The number of hydrogen-bond donors (Lipinski definition) is 0. The molecule has 0 amide bonds. The minimum absolute atomic E-state index is 0.130. The molecule has 3 rings (SSSR count). The molecule has 0 bridgehead atoms. The van der Waals surface area contributed by atoms with Crippen molar-refractivity contribution in [3.05, 3.63) is 0 Å². The second-order valence-corrected chi connectivity index (χ2v) is 5.99. The second kappa shape index (κ2) is 5.85. The Kier molecular flexibility index (Phi) is 4.15. The lowest BCUT2D eigenvalue weighted by atomic mass is 9.74. The standard InChI is InChI=1S/C12H22B2N2O3/c1-13(15-5-2-3-6-15)16-7-4-11(9-16)8-14-18-10-12(17)19-14/h11H,2-10H2,1H3. The van der Waals surface area contributed by atoms with E-state index in [9.17, 15) is 4.79 Å². The first-order valence-electron chi connectivity index (χ1n) is 7.51.